The second-order valence-electron chi connectivity index (χ2n) is 3.23. The van der Waals surface area contributed by atoms with Crippen molar-refractivity contribution in [1.29, 1.82) is 0 Å². The first-order valence-corrected chi connectivity index (χ1v) is 6.50. The Bertz CT molecular complexity index is 346. The standard InChI is InChI=1S/C13H13P.BH3/c1-14(12-8-4-2-5-9-12)13-10-6-3-7-11-13;/h2-11H,1H3;1H3. The molecule has 0 amide bonds. The summed E-state index contributed by atoms with van der Waals surface area (Å²) in [4.78, 5) is 0. The molecule has 0 saturated heterocycles. The minimum Gasteiger partial charge on any atom is -0.0622 e. The van der Waals surface area contributed by atoms with Crippen molar-refractivity contribution in [1.82, 2.24) is 0 Å². The van der Waals surface area contributed by atoms with Gasteiger partial charge < -0.3 is 0 Å². The van der Waals surface area contributed by atoms with Crippen LogP contribution in [0.15, 0.2) is 60.7 Å². The molecule has 15 heavy (non-hydrogen) atoms. The van der Waals surface area contributed by atoms with Crippen molar-refractivity contribution in [2.45, 2.75) is 0 Å². The van der Waals surface area contributed by atoms with Crippen LogP contribution in [-0.4, -0.2) is 15.1 Å². The van der Waals surface area contributed by atoms with Crippen molar-refractivity contribution in [2.24, 2.45) is 0 Å². The number of hydrogen-bond acceptors (Lipinski definition) is 0. The first kappa shape index (κ1) is 12.0. The normalized spacial score (nSPS) is 9.73. The molecule has 0 nitrogen and oxygen atoms in total. The van der Waals surface area contributed by atoms with Gasteiger partial charge >= 0.3 is 0 Å². The highest BCUT2D eigenvalue weighted by Gasteiger charge is 2.05. The van der Waals surface area contributed by atoms with Crippen molar-refractivity contribution in [3.63, 3.8) is 0 Å². The molecule has 0 unspecified atom stereocenters. The van der Waals surface area contributed by atoms with E-state index >= 15 is 0 Å². The van der Waals surface area contributed by atoms with E-state index in [4.69, 9.17) is 0 Å². The molecule has 0 aliphatic carbocycles. The maximum atomic E-state index is 2.31. The van der Waals surface area contributed by atoms with Crippen molar-refractivity contribution in [3.05, 3.63) is 60.7 Å². The van der Waals surface area contributed by atoms with E-state index in [1.807, 2.05) is 0 Å². The van der Waals surface area contributed by atoms with Crippen molar-refractivity contribution in [2.75, 3.05) is 6.66 Å². The smallest absolute Gasteiger partial charge is 0.0622 e. The van der Waals surface area contributed by atoms with Gasteiger partial charge in [0.15, 0.2) is 0 Å². The van der Waals surface area contributed by atoms with Crippen LogP contribution in [0.25, 0.3) is 0 Å². The van der Waals surface area contributed by atoms with E-state index in [2.05, 4.69) is 67.3 Å². The average molecular weight is 214 g/mol. The molecule has 0 aromatic heterocycles. The number of benzene rings is 2. The van der Waals surface area contributed by atoms with Gasteiger partial charge in [-0.3, -0.25) is 0 Å². The molecule has 0 N–H and O–H groups in total. The van der Waals surface area contributed by atoms with Crippen LogP contribution in [-0.2, 0) is 0 Å². The predicted octanol–water partition coefficient (Wildman–Crippen LogP) is 1.57. The van der Waals surface area contributed by atoms with Crippen molar-refractivity contribution >= 4 is 26.9 Å². The fourth-order valence-corrected chi connectivity index (χ4v) is 2.99. The fraction of sp³-hybridized carbons (Fsp3) is 0.0769. The SMILES string of the molecule is B.CP(c1ccccc1)c1ccccc1. The molecule has 0 spiro atoms. The van der Waals surface area contributed by atoms with Crippen LogP contribution in [0.2, 0.25) is 0 Å². The summed E-state index contributed by atoms with van der Waals surface area (Å²) in [5, 5.41) is 2.88. The molecule has 0 radical (unpaired) electrons. The Balaban J connectivity index is 0.00000112. The van der Waals surface area contributed by atoms with Gasteiger partial charge in [0.05, 0.1) is 8.41 Å². The Hall–Kier alpha value is -1.07. The van der Waals surface area contributed by atoms with Gasteiger partial charge in [0.1, 0.15) is 0 Å². The summed E-state index contributed by atoms with van der Waals surface area (Å²) in [6.45, 7) is 2.31. The summed E-state index contributed by atoms with van der Waals surface area (Å²) in [5.41, 5.74) is 0. The zero-order chi connectivity index (χ0) is 9.80. The second kappa shape index (κ2) is 5.73. The Morgan fingerprint density at radius 2 is 1.00 bits per heavy atom. The van der Waals surface area contributed by atoms with Crippen LogP contribution in [0.4, 0.5) is 0 Å². The molecule has 2 aromatic carbocycles. The third kappa shape index (κ3) is 2.94. The molecule has 2 rings (SSSR count). The Morgan fingerprint density at radius 1 is 0.667 bits per heavy atom. The van der Waals surface area contributed by atoms with E-state index in [1.165, 1.54) is 10.6 Å². The molecule has 0 fully saturated rings. The quantitative estimate of drug-likeness (QED) is 0.525. The topological polar surface area (TPSA) is 0 Å². The lowest BCUT2D eigenvalue weighted by Gasteiger charge is -2.12. The van der Waals surface area contributed by atoms with E-state index < -0.39 is 0 Å². The molecule has 0 atom stereocenters. The highest BCUT2D eigenvalue weighted by atomic mass is 31.1. The van der Waals surface area contributed by atoms with Gasteiger partial charge in [0.2, 0.25) is 0 Å². The average Bonchev–Trinajstić information content (AvgIpc) is 2.30. The lowest BCUT2D eigenvalue weighted by atomic mass is 10.4. The number of hydrogen-bond donors (Lipinski definition) is 0. The van der Waals surface area contributed by atoms with E-state index in [-0.39, 0.29) is 16.3 Å². The fourth-order valence-electron chi connectivity index (χ4n) is 1.45. The van der Waals surface area contributed by atoms with Gasteiger partial charge in [0.25, 0.3) is 0 Å². The molecule has 0 aliphatic heterocycles. The number of rotatable bonds is 2. The van der Waals surface area contributed by atoms with Gasteiger partial charge in [-0.2, -0.15) is 0 Å². The van der Waals surface area contributed by atoms with Gasteiger partial charge in [-0.25, -0.2) is 0 Å². The van der Waals surface area contributed by atoms with Gasteiger partial charge in [0, 0.05) is 0 Å². The van der Waals surface area contributed by atoms with Crippen LogP contribution in [0.3, 0.4) is 0 Å². The van der Waals surface area contributed by atoms with Crippen LogP contribution >= 0.6 is 7.92 Å². The first-order valence-electron chi connectivity index (χ1n) is 4.72. The Kier molecular flexibility index (Phi) is 4.58. The van der Waals surface area contributed by atoms with Crippen molar-refractivity contribution in [3.8, 4) is 0 Å². The molecule has 0 saturated carbocycles. The van der Waals surface area contributed by atoms with Crippen LogP contribution in [0.1, 0.15) is 0 Å². The van der Waals surface area contributed by atoms with E-state index in [1.54, 1.807) is 0 Å². The largest absolute Gasteiger partial charge is 0.0814 e. The molecule has 2 heteroatoms. The zero-order valence-corrected chi connectivity index (χ0v) is 9.12. The van der Waals surface area contributed by atoms with Crippen LogP contribution in [0.5, 0.6) is 0 Å². The summed E-state index contributed by atoms with van der Waals surface area (Å²) >= 11 is 0. The summed E-state index contributed by atoms with van der Waals surface area (Å²) in [6, 6.07) is 21.4. The second-order valence-corrected chi connectivity index (χ2v) is 5.38. The minimum atomic E-state index is -0.171. The summed E-state index contributed by atoms with van der Waals surface area (Å²) in [6.07, 6.45) is 0. The zero-order valence-electron chi connectivity index (χ0n) is 8.22. The third-order valence-corrected chi connectivity index (χ3v) is 4.43. The molecule has 0 aliphatic rings. The molecular weight excluding hydrogens is 198 g/mol. The highest BCUT2D eigenvalue weighted by Crippen LogP contribution is 2.27. The third-order valence-electron chi connectivity index (χ3n) is 2.29. The molecule has 76 valence electrons. The van der Waals surface area contributed by atoms with Crippen LogP contribution < -0.4 is 10.6 Å². The van der Waals surface area contributed by atoms with Gasteiger partial charge in [-0.15, -0.1) is 0 Å². The maximum absolute atomic E-state index is 2.31. The lowest BCUT2D eigenvalue weighted by molar-refractivity contribution is 1.75. The van der Waals surface area contributed by atoms with Gasteiger partial charge in [-0.1, -0.05) is 60.7 Å². The summed E-state index contributed by atoms with van der Waals surface area (Å²) in [7, 11) is -0.171. The molecule has 0 heterocycles. The van der Waals surface area contributed by atoms with Gasteiger partial charge in [-0.05, 0) is 25.2 Å². The molecule has 2 aromatic rings. The van der Waals surface area contributed by atoms with E-state index in [0.29, 0.717) is 0 Å². The summed E-state index contributed by atoms with van der Waals surface area (Å²) in [5.74, 6) is 0. The maximum Gasteiger partial charge on any atom is 0.0814 e. The molecule has 0 bridgehead atoms. The van der Waals surface area contributed by atoms with Crippen LogP contribution in [0, 0.1) is 0 Å². The highest BCUT2D eigenvalue weighted by molar-refractivity contribution is 7.72. The Morgan fingerprint density at radius 3 is 1.33 bits per heavy atom. The monoisotopic (exact) mass is 214 g/mol. The first-order chi connectivity index (χ1) is 6.88. The lowest BCUT2D eigenvalue weighted by Crippen LogP contribution is -2.09. The molecular formula is C13H16BP. The van der Waals surface area contributed by atoms with E-state index in [9.17, 15) is 0 Å². The minimum absolute atomic E-state index is 0. The van der Waals surface area contributed by atoms with Crippen molar-refractivity contribution < 1.29 is 0 Å². The predicted molar refractivity (Wildman–Crippen MR) is 74.9 cm³/mol. The summed E-state index contributed by atoms with van der Waals surface area (Å²) < 4.78 is 0. The van der Waals surface area contributed by atoms with E-state index in [0.717, 1.165) is 0 Å². The Labute approximate surface area is 94.7 Å².